The van der Waals surface area contributed by atoms with Gasteiger partial charge in [0, 0.05) is 17.2 Å². The van der Waals surface area contributed by atoms with E-state index in [1.165, 1.54) is 4.90 Å². The second-order valence-corrected chi connectivity index (χ2v) is 5.70. The van der Waals surface area contributed by atoms with Gasteiger partial charge in [0.1, 0.15) is 12.2 Å². The van der Waals surface area contributed by atoms with Crippen molar-refractivity contribution >= 4 is 39.1 Å². The maximum absolute atomic E-state index is 12.8. The number of anilines is 2. The molecule has 21 heavy (non-hydrogen) atoms. The number of amides is 2. The van der Waals surface area contributed by atoms with E-state index in [1.54, 1.807) is 12.1 Å². The molecular weight excluding hydrogens is 334 g/mol. The fourth-order valence-electron chi connectivity index (χ4n) is 2.47. The first kappa shape index (κ1) is 13.9. The summed E-state index contributed by atoms with van der Waals surface area (Å²) >= 11 is 3.39. The van der Waals surface area contributed by atoms with E-state index < -0.39 is 0 Å². The minimum Gasteiger partial charge on any atom is -0.343 e. The van der Waals surface area contributed by atoms with Gasteiger partial charge >= 0.3 is 0 Å². The summed E-state index contributed by atoms with van der Waals surface area (Å²) in [5, 5.41) is 2.78. The zero-order valence-electron chi connectivity index (χ0n) is 11.5. The van der Waals surface area contributed by atoms with Crippen molar-refractivity contribution in [3.05, 3.63) is 46.7 Å². The van der Waals surface area contributed by atoms with Gasteiger partial charge in [-0.15, -0.1) is 0 Å². The van der Waals surface area contributed by atoms with Crippen LogP contribution in [-0.2, 0) is 11.3 Å². The fraction of sp³-hybridized carbons (Fsp3) is 0.200. The van der Waals surface area contributed by atoms with Crippen LogP contribution in [0.3, 0.4) is 0 Å². The normalized spacial score (nSPS) is 13.8. The summed E-state index contributed by atoms with van der Waals surface area (Å²) in [7, 11) is 0. The van der Waals surface area contributed by atoms with Crippen LogP contribution in [0, 0.1) is 0 Å². The molecule has 1 aromatic heterocycles. The van der Waals surface area contributed by atoms with E-state index >= 15 is 0 Å². The third-order valence-corrected chi connectivity index (χ3v) is 3.87. The molecule has 0 saturated heterocycles. The first-order chi connectivity index (χ1) is 10.1. The lowest BCUT2D eigenvalue weighted by Gasteiger charge is -2.29. The van der Waals surface area contributed by atoms with E-state index in [0.717, 1.165) is 10.2 Å². The van der Waals surface area contributed by atoms with Gasteiger partial charge in [0.25, 0.3) is 5.91 Å². The molecule has 2 amide bonds. The first-order valence-electron chi connectivity index (χ1n) is 6.66. The summed E-state index contributed by atoms with van der Waals surface area (Å²) in [6, 6.07) is 9.09. The number of hydrogen-bond donors (Lipinski definition) is 1. The molecule has 1 aliphatic heterocycles. The molecule has 0 atom stereocenters. The van der Waals surface area contributed by atoms with Crippen LogP contribution in [0.1, 0.15) is 17.4 Å². The van der Waals surface area contributed by atoms with Gasteiger partial charge in [0.05, 0.1) is 11.4 Å². The third kappa shape index (κ3) is 2.47. The molecule has 108 valence electrons. The minimum absolute atomic E-state index is 0.0301. The van der Waals surface area contributed by atoms with Gasteiger partial charge in [-0.2, -0.15) is 0 Å². The van der Waals surface area contributed by atoms with Crippen molar-refractivity contribution in [2.45, 2.75) is 13.5 Å². The second kappa shape index (κ2) is 5.37. The zero-order valence-corrected chi connectivity index (χ0v) is 13.1. The van der Waals surface area contributed by atoms with Crippen molar-refractivity contribution in [1.82, 2.24) is 4.57 Å². The van der Waals surface area contributed by atoms with Gasteiger partial charge < -0.3 is 9.88 Å². The molecule has 3 rings (SSSR count). The van der Waals surface area contributed by atoms with Crippen molar-refractivity contribution in [2.75, 3.05) is 16.8 Å². The number of rotatable bonds is 2. The number of benzene rings is 1. The van der Waals surface area contributed by atoms with Gasteiger partial charge in [-0.1, -0.05) is 12.1 Å². The Morgan fingerprint density at radius 3 is 2.90 bits per heavy atom. The van der Waals surface area contributed by atoms with E-state index in [2.05, 4.69) is 21.2 Å². The highest BCUT2D eigenvalue weighted by atomic mass is 79.9. The molecule has 2 aromatic rings. The van der Waals surface area contributed by atoms with Gasteiger partial charge in [0.15, 0.2) is 0 Å². The van der Waals surface area contributed by atoms with E-state index in [9.17, 15) is 9.59 Å². The lowest BCUT2D eigenvalue weighted by Crippen LogP contribution is -2.42. The number of fused-ring (bicyclic) bond motifs is 1. The first-order valence-corrected chi connectivity index (χ1v) is 7.46. The molecule has 0 aliphatic carbocycles. The maximum atomic E-state index is 12.8. The quantitative estimate of drug-likeness (QED) is 0.907. The SMILES string of the molecule is CCn1cc(Br)cc1C(=O)N1CC(=O)Nc2ccccc21. The summed E-state index contributed by atoms with van der Waals surface area (Å²) in [4.78, 5) is 26.1. The summed E-state index contributed by atoms with van der Waals surface area (Å²) in [6.45, 7) is 2.69. The number of nitrogens with zero attached hydrogens (tertiary/aromatic N) is 2. The fourth-order valence-corrected chi connectivity index (χ4v) is 2.93. The van der Waals surface area contributed by atoms with Crippen LogP contribution in [0.2, 0.25) is 0 Å². The molecule has 1 aromatic carbocycles. The number of para-hydroxylation sites is 2. The standard InChI is InChI=1S/C15H14BrN3O2/c1-2-18-8-10(16)7-13(18)15(21)19-9-14(20)17-11-5-3-4-6-12(11)19/h3-8H,2,9H2,1H3,(H,17,20). The van der Waals surface area contributed by atoms with Crippen molar-refractivity contribution in [3.8, 4) is 0 Å². The number of aromatic nitrogens is 1. The van der Waals surface area contributed by atoms with E-state index in [1.807, 2.05) is 35.9 Å². The van der Waals surface area contributed by atoms with E-state index in [0.29, 0.717) is 17.9 Å². The van der Waals surface area contributed by atoms with Crippen molar-refractivity contribution < 1.29 is 9.59 Å². The van der Waals surface area contributed by atoms with Gasteiger partial charge in [-0.3, -0.25) is 14.5 Å². The summed E-state index contributed by atoms with van der Waals surface area (Å²) in [5.41, 5.74) is 1.95. The molecule has 2 heterocycles. The lowest BCUT2D eigenvalue weighted by atomic mass is 10.2. The van der Waals surface area contributed by atoms with Crippen LogP contribution in [-0.4, -0.2) is 22.9 Å². The maximum Gasteiger partial charge on any atom is 0.275 e. The molecule has 0 radical (unpaired) electrons. The van der Waals surface area contributed by atoms with Crippen LogP contribution in [0.25, 0.3) is 0 Å². The Bertz CT molecular complexity index is 723. The molecule has 1 aliphatic rings. The third-order valence-electron chi connectivity index (χ3n) is 3.44. The predicted molar refractivity (Wildman–Crippen MR) is 84.6 cm³/mol. The number of nitrogens with one attached hydrogen (secondary N) is 1. The second-order valence-electron chi connectivity index (χ2n) is 4.79. The average Bonchev–Trinajstić information content (AvgIpc) is 2.86. The van der Waals surface area contributed by atoms with Crippen LogP contribution in [0.4, 0.5) is 11.4 Å². The Labute approximate surface area is 130 Å². The molecule has 0 saturated carbocycles. The lowest BCUT2D eigenvalue weighted by molar-refractivity contribution is -0.115. The molecule has 0 unspecified atom stereocenters. The molecular formula is C15H14BrN3O2. The highest BCUT2D eigenvalue weighted by Crippen LogP contribution is 2.30. The molecule has 0 spiro atoms. The number of carbonyl (C=O) groups is 2. The summed E-state index contributed by atoms with van der Waals surface area (Å²) in [6.07, 6.45) is 1.86. The Hall–Kier alpha value is -2.08. The predicted octanol–water partition coefficient (Wildman–Crippen LogP) is 2.87. The Balaban J connectivity index is 2.04. The van der Waals surface area contributed by atoms with Crippen LogP contribution in [0.15, 0.2) is 41.0 Å². The number of halogens is 1. The van der Waals surface area contributed by atoms with Gasteiger partial charge in [-0.05, 0) is 41.1 Å². The smallest absolute Gasteiger partial charge is 0.275 e. The Morgan fingerprint density at radius 1 is 1.38 bits per heavy atom. The van der Waals surface area contributed by atoms with Crippen LogP contribution in [0.5, 0.6) is 0 Å². The van der Waals surface area contributed by atoms with E-state index in [4.69, 9.17) is 0 Å². The highest BCUT2D eigenvalue weighted by molar-refractivity contribution is 9.10. The number of carbonyl (C=O) groups excluding carboxylic acids is 2. The molecule has 0 fully saturated rings. The van der Waals surface area contributed by atoms with Crippen molar-refractivity contribution in [1.29, 1.82) is 0 Å². The Morgan fingerprint density at radius 2 is 2.14 bits per heavy atom. The minimum atomic E-state index is -0.185. The number of hydrogen-bond acceptors (Lipinski definition) is 2. The Kier molecular flexibility index (Phi) is 3.55. The largest absolute Gasteiger partial charge is 0.343 e. The number of aryl methyl sites for hydroxylation is 1. The topological polar surface area (TPSA) is 54.3 Å². The van der Waals surface area contributed by atoms with Crippen LogP contribution >= 0.6 is 15.9 Å². The molecule has 6 heteroatoms. The van der Waals surface area contributed by atoms with E-state index in [-0.39, 0.29) is 18.4 Å². The van der Waals surface area contributed by atoms with Crippen molar-refractivity contribution in [2.24, 2.45) is 0 Å². The molecule has 1 N–H and O–H groups in total. The summed E-state index contributed by atoms with van der Waals surface area (Å²) in [5.74, 6) is -0.361. The zero-order chi connectivity index (χ0) is 15.0. The van der Waals surface area contributed by atoms with Gasteiger partial charge in [0.2, 0.25) is 5.91 Å². The summed E-state index contributed by atoms with van der Waals surface area (Å²) < 4.78 is 2.71. The molecule has 5 nitrogen and oxygen atoms in total. The monoisotopic (exact) mass is 347 g/mol. The molecule has 0 bridgehead atoms. The van der Waals surface area contributed by atoms with Crippen molar-refractivity contribution in [3.63, 3.8) is 0 Å². The van der Waals surface area contributed by atoms with Gasteiger partial charge in [-0.25, -0.2) is 0 Å². The van der Waals surface area contributed by atoms with Crippen LogP contribution < -0.4 is 10.2 Å². The average molecular weight is 348 g/mol. The highest BCUT2D eigenvalue weighted by Gasteiger charge is 2.28.